The van der Waals surface area contributed by atoms with Crippen LogP contribution in [-0.2, 0) is 9.84 Å². The summed E-state index contributed by atoms with van der Waals surface area (Å²) >= 11 is 0. The van der Waals surface area contributed by atoms with Crippen molar-refractivity contribution in [2.24, 2.45) is 0 Å². The molecule has 0 unspecified atom stereocenters. The van der Waals surface area contributed by atoms with Gasteiger partial charge in [0.25, 0.3) is 0 Å². The van der Waals surface area contributed by atoms with E-state index in [-0.39, 0.29) is 0 Å². The van der Waals surface area contributed by atoms with Crippen LogP contribution in [0.15, 0.2) is 0 Å². The normalized spacial score (nSPS) is 20.5. The van der Waals surface area contributed by atoms with Crippen molar-refractivity contribution in [3.05, 3.63) is 0 Å². The van der Waals surface area contributed by atoms with Gasteiger partial charge in [-0.15, -0.1) is 0 Å². The SMILES string of the molecule is CCCCCCNCCN1CCS(=O)(=O)CC1. The van der Waals surface area contributed by atoms with Crippen LogP contribution in [0.3, 0.4) is 0 Å². The second-order valence-electron chi connectivity index (χ2n) is 4.80. The lowest BCUT2D eigenvalue weighted by Gasteiger charge is -2.26. The lowest BCUT2D eigenvalue weighted by Crippen LogP contribution is -2.43. The van der Waals surface area contributed by atoms with E-state index in [1.54, 1.807) is 0 Å². The lowest BCUT2D eigenvalue weighted by molar-refractivity contribution is 0.294. The third-order valence-corrected chi connectivity index (χ3v) is 4.86. The fourth-order valence-corrected chi connectivity index (χ4v) is 3.29. The summed E-state index contributed by atoms with van der Waals surface area (Å²) in [5, 5.41) is 3.42. The van der Waals surface area contributed by atoms with Crippen molar-refractivity contribution in [3.63, 3.8) is 0 Å². The van der Waals surface area contributed by atoms with E-state index in [9.17, 15) is 8.42 Å². The average Bonchev–Trinajstić information content (AvgIpc) is 2.30. The van der Waals surface area contributed by atoms with E-state index < -0.39 is 9.84 Å². The van der Waals surface area contributed by atoms with E-state index in [1.165, 1.54) is 25.7 Å². The molecule has 0 aromatic carbocycles. The van der Waals surface area contributed by atoms with Crippen LogP contribution in [0.4, 0.5) is 0 Å². The molecule has 0 radical (unpaired) electrons. The second kappa shape index (κ2) is 8.06. The summed E-state index contributed by atoms with van der Waals surface area (Å²) in [7, 11) is -2.72. The fraction of sp³-hybridized carbons (Fsp3) is 1.00. The average molecular weight is 262 g/mol. The molecule has 0 aromatic heterocycles. The van der Waals surface area contributed by atoms with Crippen molar-refractivity contribution in [1.29, 1.82) is 0 Å². The molecule has 0 aromatic rings. The Bertz CT molecular complexity index is 277. The number of rotatable bonds is 8. The van der Waals surface area contributed by atoms with Gasteiger partial charge >= 0.3 is 0 Å². The van der Waals surface area contributed by atoms with Crippen LogP contribution >= 0.6 is 0 Å². The number of hydrogen-bond acceptors (Lipinski definition) is 4. The standard InChI is InChI=1S/C12H26N2O2S/c1-2-3-4-5-6-13-7-8-14-9-11-17(15,16)12-10-14/h13H,2-12H2,1H3. The van der Waals surface area contributed by atoms with Gasteiger partial charge in [0.2, 0.25) is 0 Å². The molecule has 1 rings (SSSR count). The molecule has 5 heteroatoms. The minimum atomic E-state index is -2.72. The molecule has 17 heavy (non-hydrogen) atoms. The third-order valence-electron chi connectivity index (χ3n) is 3.25. The molecule has 1 saturated heterocycles. The van der Waals surface area contributed by atoms with Crippen molar-refractivity contribution >= 4 is 9.84 Å². The monoisotopic (exact) mass is 262 g/mol. The summed E-state index contributed by atoms with van der Waals surface area (Å²) in [5.41, 5.74) is 0. The van der Waals surface area contributed by atoms with Crippen LogP contribution in [0.25, 0.3) is 0 Å². The first kappa shape index (κ1) is 14.9. The van der Waals surface area contributed by atoms with Gasteiger partial charge in [0, 0.05) is 26.2 Å². The van der Waals surface area contributed by atoms with Crippen molar-refractivity contribution in [3.8, 4) is 0 Å². The summed E-state index contributed by atoms with van der Waals surface area (Å²) in [5.74, 6) is 0.674. The first-order valence-corrected chi connectivity index (χ1v) is 8.59. The highest BCUT2D eigenvalue weighted by Gasteiger charge is 2.20. The van der Waals surface area contributed by atoms with E-state index in [0.717, 1.165) is 19.6 Å². The van der Waals surface area contributed by atoms with Gasteiger partial charge in [-0.05, 0) is 13.0 Å². The van der Waals surface area contributed by atoms with Gasteiger partial charge in [-0.1, -0.05) is 26.2 Å². The second-order valence-corrected chi connectivity index (χ2v) is 7.11. The zero-order chi connectivity index (χ0) is 12.6. The number of hydrogen-bond donors (Lipinski definition) is 1. The predicted molar refractivity (Wildman–Crippen MR) is 72.1 cm³/mol. The highest BCUT2D eigenvalue weighted by Crippen LogP contribution is 2.02. The highest BCUT2D eigenvalue weighted by molar-refractivity contribution is 7.91. The Hall–Kier alpha value is -0.130. The van der Waals surface area contributed by atoms with Gasteiger partial charge in [-0.2, -0.15) is 0 Å². The molecular weight excluding hydrogens is 236 g/mol. The van der Waals surface area contributed by atoms with Crippen LogP contribution < -0.4 is 5.32 Å². The van der Waals surface area contributed by atoms with E-state index in [0.29, 0.717) is 24.6 Å². The Morgan fingerprint density at radius 3 is 2.41 bits per heavy atom. The molecule has 1 fully saturated rings. The van der Waals surface area contributed by atoms with Crippen molar-refractivity contribution in [1.82, 2.24) is 10.2 Å². The molecule has 0 amide bonds. The molecule has 102 valence electrons. The zero-order valence-electron chi connectivity index (χ0n) is 11.0. The molecule has 0 aliphatic carbocycles. The largest absolute Gasteiger partial charge is 0.315 e. The summed E-state index contributed by atoms with van der Waals surface area (Å²) in [6, 6.07) is 0. The molecule has 1 aliphatic rings. The predicted octanol–water partition coefficient (Wildman–Crippen LogP) is 0.887. The summed E-state index contributed by atoms with van der Waals surface area (Å²) < 4.78 is 22.5. The van der Waals surface area contributed by atoms with Gasteiger partial charge in [0.1, 0.15) is 0 Å². The fourth-order valence-electron chi connectivity index (χ4n) is 2.01. The molecule has 4 nitrogen and oxygen atoms in total. The zero-order valence-corrected chi connectivity index (χ0v) is 11.8. The smallest absolute Gasteiger partial charge is 0.152 e. The molecule has 0 atom stereocenters. The molecule has 0 bridgehead atoms. The first-order chi connectivity index (χ1) is 8.14. The minimum absolute atomic E-state index is 0.337. The van der Waals surface area contributed by atoms with Gasteiger partial charge in [-0.25, -0.2) is 8.42 Å². The quantitative estimate of drug-likeness (QED) is 0.660. The summed E-state index contributed by atoms with van der Waals surface area (Å²) in [6.45, 7) is 6.68. The van der Waals surface area contributed by atoms with Crippen LogP contribution in [0.1, 0.15) is 32.6 Å². The Kier molecular flexibility index (Phi) is 7.08. The van der Waals surface area contributed by atoms with Gasteiger partial charge in [0.05, 0.1) is 11.5 Å². The van der Waals surface area contributed by atoms with Gasteiger partial charge in [-0.3, -0.25) is 0 Å². The molecular formula is C12H26N2O2S. The van der Waals surface area contributed by atoms with Crippen molar-refractivity contribution in [2.45, 2.75) is 32.6 Å². The molecule has 1 N–H and O–H groups in total. The Labute approximate surface area is 106 Å². The molecule has 0 saturated carbocycles. The highest BCUT2D eigenvalue weighted by atomic mass is 32.2. The van der Waals surface area contributed by atoms with Crippen LogP contribution in [0.2, 0.25) is 0 Å². The van der Waals surface area contributed by atoms with Gasteiger partial charge < -0.3 is 10.2 Å². The number of sulfone groups is 1. The van der Waals surface area contributed by atoms with Crippen molar-refractivity contribution in [2.75, 3.05) is 44.2 Å². The van der Waals surface area contributed by atoms with Crippen LogP contribution in [-0.4, -0.2) is 57.5 Å². The number of nitrogens with one attached hydrogen (secondary N) is 1. The Morgan fingerprint density at radius 1 is 1.06 bits per heavy atom. The number of unbranched alkanes of at least 4 members (excludes halogenated alkanes) is 3. The van der Waals surface area contributed by atoms with Gasteiger partial charge in [0.15, 0.2) is 9.84 Å². The van der Waals surface area contributed by atoms with E-state index in [1.807, 2.05) is 0 Å². The van der Waals surface area contributed by atoms with Crippen molar-refractivity contribution < 1.29 is 8.42 Å². The topological polar surface area (TPSA) is 49.4 Å². The minimum Gasteiger partial charge on any atom is -0.315 e. The summed E-state index contributed by atoms with van der Waals surface area (Å²) in [6.07, 6.45) is 5.17. The maximum Gasteiger partial charge on any atom is 0.152 e. The Morgan fingerprint density at radius 2 is 1.76 bits per heavy atom. The van der Waals surface area contributed by atoms with Crippen LogP contribution in [0.5, 0.6) is 0 Å². The van der Waals surface area contributed by atoms with E-state index >= 15 is 0 Å². The maximum atomic E-state index is 11.2. The molecule has 1 heterocycles. The summed E-state index contributed by atoms with van der Waals surface area (Å²) in [4.78, 5) is 2.24. The van der Waals surface area contributed by atoms with Crippen LogP contribution in [0, 0.1) is 0 Å². The molecule has 1 aliphatic heterocycles. The first-order valence-electron chi connectivity index (χ1n) is 6.77. The number of nitrogens with zero attached hydrogens (tertiary/aromatic N) is 1. The third kappa shape index (κ3) is 7.01. The molecule has 0 spiro atoms. The van der Waals surface area contributed by atoms with E-state index in [4.69, 9.17) is 0 Å². The lowest BCUT2D eigenvalue weighted by atomic mass is 10.2. The maximum absolute atomic E-state index is 11.2. The Balaban J connectivity index is 1.94. The van der Waals surface area contributed by atoms with E-state index in [2.05, 4.69) is 17.1 Å².